The third kappa shape index (κ3) is 5.34. The highest BCUT2D eigenvalue weighted by molar-refractivity contribution is 5.74. The molecule has 0 aliphatic heterocycles. The summed E-state index contributed by atoms with van der Waals surface area (Å²) in [5.74, 6) is 0.798. The van der Waals surface area contributed by atoms with E-state index in [9.17, 15) is 4.79 Å². The number of amides is 2. The molecule has 0 unspecified atom stereocenters. The fraction of sp³-hybridized carbons (Fsp3) is 0.438. The predicted molar refractivity (Wildman–Crippen MR) is 81.9 cm³/mol. The molecule has 1 aromatic carbocycles. The van der Waals surface area contributed by atoms with E-state index in [0.717, 1.165) is 11.3 Å². The van der Waals surface area contributed by atoms with E-state index >= 15 is 0 Å². The van der Waals surface area contributed by atoms with Gasteiger partial charge < -0.3 is 15.0 Å². The first kappa shape index (κ1) is 16.1. The Kier molecular flexibility index (Phi) is 5.62. The summed E-state index contributed by atoms with van der Waals surface area (Å²) in [5.41, 5.74) is 0.697. The summed E-state index contributed by atoms with van der Waals surface area (Å²) in [5, 5.41) is 2.87. The van der Waals surface area contributed by atoms with Gasteiger partial charge in [-0.3, -0.25) is 0 Å². The minimum atomic E-state index is -0.264. The van der Waals surface area contributed by atoms with Crippen molar-refractivity contribution in [2.24, 2.45) is 0 Å². The van der Waals surface area contributed by atoms with Gasteiger partial charge in [-0.1, -0.05) is 24.3 Å². The van der Waals surface area contributed by atoms with Crippen LogP contribution in [0.2, 0.25) is 0 Å². The quantitative estimate of drug-likeness (QED) is 0.839. The van der Waals surface area contributed by atoms with Crippen LogP contribution in [0, 0.1) is 0 Å². The molecule has 0 spiro atoms. The first-order valence-electron chi connectivity index (χ1n) is 6.70. The molecule has 0 radical (unpaired) electrons. The van der Waals surface area contributed by atoms with Crippen LogP contribution in [0.4, 0.5) is 4.79 Å². The summed E-state index contributed by atoms with van der Waals surface area (Å²) in [7, 11) is 1.73. The number of carbonyl (C=O) groups is 1. The lowest BCUT2D eigenvalue weighted by Crippen LogP contribution is -2.37. The molecule has 2 amide bonds. The Morgan fingerprint density at radius 3 is 2.65 bits per heavy atom. The number of rotatable bonds is 5. The van der Waals surface area contributed by atoms with E-state index < -0.39 is 0 Å². The number of benzene rings is 1. The number of nitrogens with zero attached hydrogens (tertiary/aromatic N) is 1. The molecule has 1 aromatic rings. The van der Waals surface area contributed by atoms with Gasteiger partial charge in [-0.2, -0.15) is 0 Å². The number of carbonyl (C=O) groups excluding carboxylic acids is 1. The number of urea groups is 1. The molecule has 0 aliphatic rings. The third-order valence-electron chi connectivity index (χ3n) is 2.57. The van der Waals surface area contributed by atoms with E-state index in [1.807, 2.05) is 45.0 Å². The van der Waals surface area contributed by atoms with Crippen LogP contribution in [0.5, 0.6) is 5.75 Å². The second-order valence-electron chi connectivity index (χ2n) is 5.65. The van der Waals surface area contributed by atoms with E-state index in [1.54, 1.807) is 18.0 Å². The molecule has 0 atom stereocenters. The zero-order chi connectivity index (χ0) is 15.2. The van der Waals surface area contributed by atoms with Crippen LogP contribution in [0.3, 0.4) is 0 Å². The van der Waals surface area contributed by atoms with Crippen LogP contribution >= 0.6 is 0 Å². The SMILES string of the molecule is C=CCN(C)C(=O)NCc1ccccc1OC(C)(C)C. The molecule has 110 valence electrons. The van der Waals surface area contributed by atoms with Gasteiger partial charge in [0.15, 0.2) is 0 Å². The third-order valence-corrected chi connectivity index (χ3v) is 2.57. The van der Waals surface area contributed by atoms with Gasteiger partial charge in [0.1, 0.15) is 11.4 Å². The summed E-state index contributed by atoms with van der Waals surface area (Å²) in [4.78, 5) is 13.4. The molecule has 0 aromatic heterocycles. The molecule has 0 saturated heterocycles. The molecule has 1 rings (SSSR count). The molecule has 0 fully saturated rings. The van der Waals surface area contributed by atoms with Crippen molar-refractivity contribution < 1.29 is 9.53 Å². The van der Waals surface area contributed by atoms with Crippen molar-refractivity contribution in [1.29, 1.82) is 0 Å². The smallest absolute Gasteiger partial charge is 0.317 e. The number of likely N-dealkylation sites (N-methyl/N-ethyl adjacent to an activating group) is 1. The van der Waals surface area contributed by atoms with Gasteiger partial charge in [0, 0.05) is 25.7 Å². The van der Waals surface area contributed by atoms with Crippen LogP contribution in [0.25, 0.3) is 0 Å². The maximum atomic E-state index is 11.8. The van der Waals surface area contributed by atoms with Crippen LogP contribution < -0.4 is 10.1 Å². The maximum Gasteiger partial charge on any atom is 0.317 e. The highest BCUT2D eigenvalue weighted by Crippen LogP contribution is 2.22. The van der Waals surface area contributed by atoms with Gasteiger partial charge in [-0.15, -0.1) is 6.58 Å². The molecule has 0 aliphatic carbocycles. The van der Waals surface area contributed by atoms with Gasteiger partial charge in [0.25, 0.3) is 0 Å². The van der Waals surface area contributed by atoms with E-state index in [2.05, 4.69) is 11.9 Å². The highest BCUT2D eigenvalue weighted by Gasteiger charge is 2.15. The average molecular weight is 276 g/mol. The van der Waals surface area contributed by atoms with E-state index in [-0.39, 0.29) is 11.6 Å². The molecule has 4 nitrogen and oxygen atoms in total. The predicted octanol–water partition coefficient (Wildman–Crippen LogP) is 3.19. The van der Waals surface area contributed by atoms with Crippen molar-refractivity contribution in [3.05, 3.63) is 42.5 Å². The van der Waals surface area contributed by atoms with Crippen LogP contribution in [-0.4, -0.2) is 30.1 Å². The topological polar surface area (TPSA) is 41.6 Å². The van der Waals surface area contributed by atoms with Gasteiger partial charge in [0.05, 0.1) is 0 Å². The summed E-state index contributed by atoms with van der Waals surface area (Å²) in [6.45, 7) is 10.6. The van der Waals surface area contributed by atoms with E-state index in [1.165, 1.54) is 0 Å². The van der Waals surface area contributed by atoms with E-state index in [4.69, 9.17) is 4.74 Å². The van der Waals surface area contributed by atoms with Gasteiger partial charge in [-0.25, -0.2) is 4.79 Å². The normalized spacial score (nSPS) is 10.8. The van der Waals surface area contributed by atoms with Crippen LogP contribution in [0.1, 0.15) is 26.3 Å². The minimum absolute atomic E-state index is 0.129. The number of para-hydroxylation sites is 1. The average Bonchev–Trinajstić information content (AvgIpc) is 2.35. The van der Waals surface area contributed by atoms with Crippen molar-refractivity contribution in [2.75, 3.05) is 13.6 Å². The molecule has 1 N–H and O–H groups in total. The molecular formula is C16H24N2O2. The standard InChI is InChI=1S/C16H24N2O2/c1-6-11-18(5)15(19)17-12-13-9-7-8-10-14(13)20-16(2,3)4/h6-10H,1,11-12H2,2-5H3,(H,17,19). The zero-order valence-electron chi connectivity index (χ0n) is 12.8. The molecule has 20 heavy (non-hydrogen) atoms. The maximum absolute atomic E-state index is 11.8. The number of hydrogen-bond acceptors (Lipinski definition) is 2. The molecular weight excluding hydrogens is 252 g/mol. The van der Waals surface area contributed by atoms with Gasteiger partial charge in [-0.05, 0) is 26.8 Å². The first-order chi connectivity index (χ1) is 9.33. The van der Waals surface area contributed by atoms with Crippen molar-refractivity contribution in [3.8, 4) is 5.75 Å². The van der Waals surface area contributed by atoms with Crippen molar-refractivity contribution in [2.45, 2.75) is 32.9 Å². The molecule has 0 bridgehead atoms. The fourth-order valence-corrected chi connectivity index (χ4v) is 1.66. The number of ether oxygens (including phenoxy) is 1. The number of hydrogen-bond donors (Lipinski definition) is 1. The zero-order valence-corrected chi connectivity index (χ0v) is 12.8. The lowest BCUT2D eigenvalue weighted by Gasteiger charge is -2.23. The largest absolute Gasteiger partial charge is 0.488 e. The van der Waals surface area contributed by atoms with Gasteiger partial charge in [0.2, 0.25) is 0 Å². The lowest BCUT2D eigenvalue weighted by atomic mass is 10.1. The summed E-state index contributed by atoms with van der Waals surface area (Å²) >= 11 is 0. The van der Waals surface area contributed by atoms with E-state index in [0.29, 0.717) is 13.1 Å². The monoisotopic (exact) mass is 276 g/mol. The first-order valence-corrected chi connectivity index (χ1v) is 6.70. The van der Waals surface area contributed by atoms with Crippen molar-refractivity contribution in [3.63, 3.8) is 0 Å². The Labute approximate surface area is 121 Å². The van der Waals surface area contributed by atoms with Crippen LogP contribution in [0.15, 0.2) is 36.9 Å². The van der Waals surface area contributed by atoms with Crippen molar-refractivity contribution >= 4 is 6.03 Å². The molecule has 0 heterocycles. The Morgan fingerprint density at radius 1 is 1.40 bits per heavy atom. The Hall–Kier alpha value is -1.97. The summed E-state index contributed by atoms with van der Waals surface area (Å²) in [6.07, 6.45) is 1.69. The second-order valence-corrected chi connectivity index (χ2v) is 5.65. The Bertz CT molecular complexity index is 464. The van der Waals surface area contributed by atoms with Crippen LogP contribution in [-0.2, 0) is 6.54 Å². The molecule has 4 heteroatoms. The Morgan fingerprint density at radius 2 is 2.05 bits per heavy atom. The molecule has 0 saturated carbocycles. The minimum Gasteiger partial charge on any atom is -0.488 e. The summed E-state index contributed by atoms with van der Waals surface area (Å²) < 4.78 is 5.89. The summed E-state index contributed by atoms with van der Waals surface area (Å²) in [6, 6.07) is 7.60. The highest BCUT2D eigenvalue weighted by atomic mass is 16.5. The lowest BCUT2D eigenvalue weighted by molar-refractivity contribution is 0.129. The second kappa shape index (κ2) is 6.98. The van der Waals surface area contributed by atoms with Crippen molar-refractivity contribution in [1.82, 2.24) is 10.2 Å². The van der Waals surface area contributed by atoms with Gasteiger partial charge >= 0.3 is 6.03 Å². The Balaban J connectivity index is 2.68. The fourth-order valence-electron chi connectivity index (χ4n) is 1.66. The number of nitrogens with one attached hydrogen (secondary N) is 1.